The van der Waals surface area contributed by atoms with Crippen LogP contribution in [0.4, 0.5) is 11.9 Å². The summed E-state index contributed by atoms with van der Waals surface area (Å²) in [6, 6.07) is 7.73. The van der Waals surface area contributed by atoms with E-state index in [4.69, 9.17) is 9.47 Å². The van der Waals surface area contributed by atoms with Crippen molar-refractivity contribution in [3.8, 4) is 17.8 Å². The second-order valence-corrected chi connectivity index (χ2v) is 6.23. The number of hydrazone groups is 1. The first-order chi connectivity index (χ1) is 14.3. The van der Waals surface area contributed by atoms with Gasteiger partial charge >= 0.3 is 12.0 Å². The molecule has 12 nitrogen and oxygen atoms in total. The van der Waals surface area contributed by atoms with E-state index in [0.717, 1.165) is 31.5 Å². The lowest BCUT2D eigenvalue weighted by molar-refractivity contribution is 0.358. The van der Waals surface area contributed by atoms with Crippen LogP contribution in [0.5, 0.6) is 17.8 Å². The van der Waals surface area contributed by atoms with Crippen LogP contribution in [0.15, 0.2) is 29.4 Å². The monoisotopic (exact) mass is 396 g/mol. The Morgan fingerprint density at radius 2 is 2.00 bits per heavy atom. The second kappa shape index (κ2) is 8.91. The largest absolute Gasteiger partial charge is 0.467 e. The Labute approximate surface area is 166 Å². The minimum Gasteiger partial charge on any atom is -0.467 e. The number of nitrogens with zero attached hydrogens (tertiary/aromatic N) is 8. The summed E-state index contributed by atoms with van der Waals surface area (Å²) >= 11 is 0. The summed E-state index contributed by atoms with van der Waals surface area (Å²) in [5.74, 6) is 1.40. The molecule has 1 aromatic carbocycles. The SMILES string of the molecule is COc1nc(Oc2cccc(/C=N\Nc3nn[nH]n3)c2)nc(N2CCCCC2)n1. The smallest absolute Gasteiger partial charge is 0.330 e. The third-order valence-corrected chi connectivity index (χ3v) is 4.19. The topological polar surface area (TPSA) is 139 Å². The normalized spacial score (nSPS) is 14.2. The number of rotatable bonds is 7. The number of piperidine rings is 1. The molecule has 0 atom stereocenters. The lowest BCUT2D eigenvalue weighted by Crippen LogP contribution is -2.31. The molecule has 0 amide bonds. The van der Waals surface area contributed by atoms with Crippen LogP contribution in [-0.4, -0.2) is 62.0 Å². The highest BCUT2D eigenvalue weighted by atomic mass is 16.5. The van der Waals surface area contributed by atoms with Gasteiger partial charge in [0.25, 0.3) is 5.95 Å². The molecule has 2 aromatic heterocycles. The number of aromatic amines is 1. The van der Waals surface area contributed by atoms with Crippen LogP contribution in [0.3, 0.4) is 0 Å². The van der Waals surface area contributed by atoms with Crippen molar-refractivity contribution in [3.63, 3.8) is 0 Å². The van der Waals surface area contributed by atoms with Crippen molar-refractivity contribution in [1.29, 1.82) is 0 Å². The van der Waals surface area contributed by atoms with Gasteiger partial charge in [0.2, 0.25) is 5.95 Å². The Morgan fingerprint density at radius 1 is 1.14 bits per heavy atom. The van der Waals surface area contributed by atoms with Crippen molar-refractivity contribution in [2.45, 2.75) is 19.3 Å². The van der Waals surface area contributed by atoms with E-state index in [9.17, 15) is 0 Å². The Morgan fingerprint density at radius 3 is 2.79 bits per heavy atom. The molecule has 1 saturated heterocycles. The molecule has 1 aliphatic rings. The zero-order chi connectivity index (χ0) is 19.9. The van der Waals surface area contributed by atoms with Crippen molar-refractivity contribution in [2.24, 2.45) is 5.10 Å². The molecule has 4 rings (SSSR count). The van der Waals surface area contributed by atoms with Gasteiger partial charge in [0.05, 0.1) is 13.3 Å². The van der Waals surface area contributed by atoms with E-state index in [0.29, 0.717) is 11.7 Å². The maximum Gasteiger partial charge on any atom is 0.330 e. The van der Waals surface area contributed by atoms with Crippen LogP contribution in [-0.2, 0) is 0 Å². The zero-order valence-corrected chi connectivity index (χ0v) is 15.8. The number of nitrogens with one attached hydrogen (secondary N) is 2. The van der Waals surface area contributed by atoms with E-state index in [2.05, 4.69) is 51.0 Å². The molecule has 1 aliphatic heterocycles. The fourth-order valence-corrected chi connectivity index (χ4v) is 2.84. The van der Waals surface area contributed by atoms with Gasteiger partial charge in [0.1, 0.15) is 5.75 Å². The third kappa shape index (κ3) is 4.91. The molecule has 150 valence electrons. The molecule has 0 aliphatic carbocycles. The summed E-state index contributed by atoms with van der Waals surface area (Å²) in [4.78, 5) is 15.1. The van der Waals surface area contributed by atoms with Crippen molar-refractivity contribution in [2.75, 3.05) is 30.5 Å². The summed E-state index contributed by atoms with van der Waals surface area (Å²) in [5.41, 5.74) is 3.46. The number of hydrogen-bond acceptors (Lipinski definition) is 11. The van der Waals surface area contributed by atoms with Gasteiger partial charge in [0.15, 0.2) is 0 Å². The summed E-state index contributed by atoms with van der Waals surface area (Å²) in [5, 5.41) is 17.3. The van der Waals surface area contributed by atoms with Crippen LogP contribution in [0.1, 0.15) is 24.8 Å². The first-order valence-corrected chi connectivity index (χ1v) is 9.15. The molecular weight excluding hydrogens is 376 g/mol. The molecule has 2 N–H and O–H groups in total. The summed E-state index contributed by atoms with van der Waals surface area (Å²) in [6.07, 6.45) is 5.06. The molecule has 0 unspecified atom stereocenters. The van der Waals surface area contributed by atoms with Gasteiger partial charge in [-0.1, -0.05) is 17.2 Å². The fourth-order valence-electron chi connectivity index (χ4n) is 2.84. The molecule has 3 heterocycles. The van der Waals surface area contributed by atoms with Crippen LogP contribution in [0.25, 0.3) is 0 Å². The van der Waals surface area contributed by atoms with Crippen molar-refractivity contribution in [1.82, 2.24) is 35.6 Å². The molecule has 0 saturated carbocycles. The molecule has 0 bridgehead atoms. The predicted octanol–water partition coefficient (Wildman–Crippen LogP) is 1.62. The lowest BCUT2D eigenvalue weighted by atomic mass is 10.1. The van der Waals surface area contributed by atoms with Gasteiger partial charge in [0, 0.05) is 13.1 Å². The van der Waals surface area contributed by atoms with E-state index in [-0.39, 0.29) is 18.0 Å². The summed E-state index contributed by atoms with van der Waals surface area (Å²) < 4.78 is 11.1. The fraction of sp³-hybridized carbons (Fsp3) is 0.353. The van der Waals surface area contributed by atoms with E-state index in [1.54, 1.807) is 18.3 Å². The van der Waals surface area contributed by atoms with Gasteiger partial charge in [-0.2, -0.15) is 20.3 Å². The first-order valence-electron chi connectivity index (χ1n) is 9.15. The van der Waals surface area contributed by atoms with Gasteiger partial charge in [-0.25, -0.2) is 5.43 Å². The summed E-state index contributed by atoms with van der Waals surface area (Å²) in [6.45, 7) is 1.82. The number of anilines is 2. The van der Waals surface area contributed by atoms with E-state index < -0.39 is 0 Å². The lowest BCUT2D eigenvalue weighted by Gasteiger charge is -2.26. The number of aromatic nitrogens is 7. The van der Waals surface area contributed by atoms with Crippen molar-refractivity contribution in [3.05, 3.63) is 29.8 Å². The number of hydrogen-bond donors (Lipinski definition) is 2. The number of benzene rings is 1. The third-order valence-electron chi connectivity index (χ3n) is 4.19. The Kier molecular flexibility index (Phi) is 5.69. The van der Waals surface area contributed by atoms with Crippen LogP contribution >= 0.6 is 0 Å². The average Bonchev–Trinajstić information content (AvgIpc) is 3.28. The van der Waals surface area contributed by atoms with Gasteiger partial charge in [-0.05, 0) is 42.2 Å². The highest BCUT2D eigenvalue weighted by molar-refractivity contribution is 5.80. The highest BCUT2D eigenvalue weighted by Crippen LogP contribution is 2.24. The molecule has 0 spiro atoms. The average molecular weight is 396 g/mol. The Bertz CT molecular complexity index is 957. The standard InChI is InChI=1S/C17H20N10O2/c1-28-16-19-15(27-8-3-2-4-9-27)20-17(21-16)29-13-7-5-6-12(10-13)11-18-22-14-23-25-26-24-14/h5-7,10-11H,2-4,8-9H2,1H3,(H2,22,23,24,25,26)/b18-11-. The zero-order valence-electron chi connectivity index (χ0n) is 15.8. The maximum absolute atomic E-state index is 5.85. The first kappa shape index (κ1) is 18.5. The number of H-pyrrole nitrogens is 1. The predicted molar refractivity (Wildman–Crippen MR) is 104 cm³/mol. The second-order valence-electron chi connectivity index (χ2n) is 6.23. The number of methoxy groups -OCH3 is 1. The molecule has 29 heavy (non-hydrogen) atoms. The van der Waals surface area contributed by atoms with Crippen LogP contribution < -0.4 is 19.8 Å². The minimum atomic E-state index is 0.177. The Hall–Kier alpha value is -3.83. The van der Waals surface area contributed by atoms with Gasteiger partial charge in [-0.15, -0.1) is 10.1 Å². The van der Waals surface area contributed by atoms with Crippen molar-refractivity contribution < 1.29 is 9.47 Å². The summed E-state index contributed by atoms with van der Waals surface area (Å²) in [7, 11) is 1.52. The number of tetrazole rings is 1. The van der Waals surface area contributed by atoms with E-state index in [1.165, 1.54) is 13.5 Å². The highest BCUT2D eigenvalue weighted by Gasteiger charge is 2.17. The van der Waals surface area contributed by atoms with Crippen LogP contribution in [0.2, 0.25) is 0 Å². The molecule has 0 radical (unpaired) electrons. The van der Waals surface area contributed by atoms with Gasteiger partial charge in [-0.3, -0.25) is 0 Å². The maximum atomic E-state index is 5.85. The van der Waals surface area contributed by atoms with Gasteiger partial charge < -0.3 is 14.4 Å². The van der Waals surface area contributed by atoms with Crippen molar-refractivity contribution >= 4 is 18.1 Å². The molecule has 3 aromatic rings. The minimum absolute atomic E-state index is 0.177. The molecular formula is C17H20N10O2. The molecule has 1 fully saturated rings. The van der Waals surface area contributed by atoms with E-state index >= 15 is 0 Å². The quantitative estimate of drug-likeness (QED) is 0.447. The Balaban J connectivity index is 1.48. The molecule has 12 heteroatoms. The number of ether oxygens (including phenoxy) is 2. The van der Waals surface area contributed by atoms with E-state index in [1.807, 2.05) is 12.1 Å². The van der Waals surface area contributed by atoms with Crippen LogP contribution in [0, 0.1) is 0 Å².